The lowest BCUT2D eigenvalue weighted by Gasteiger charge is -2.16. The lowest BCUT2D eigenvalue weighted by Crippen LogP contribution is -2.25. The van der Waals surface area contributed by atoms with E-state index in [-0.39, 0.29) is 5.91 Å². The van der Waals surface area contributed by atoms with Gasteiger partial charge in [0.15, 0.2) is 0 Å². The topological polar surface area (TPSA) is 75.1 Å². The summed E-state index contributed by atoms with van der Waals surface area (Å²) in [6.07, 6.45) is 5.68. The monoisotopic (exact) mass is 395 g/mol. The Hall–Kier alpha value is -2.57. The van der Waals surface area contributed by atoms with E-state index in [2.05, 4.69) is 15.3 Å². The number of benzene rings is 1. The van der Waals surface area contributed by atoms with Crippen molar-refractivity contribution >= 4 is 17.2 Å². The molecule has 6 heteroatoms. The van der Waals surface area contributed by atoms with Gasteiger partial charge < -0.3 is 10.4 Å². The number of rotatable bonds is 8. The van der Waals surface area contributed by atoms with Crippen molar-refractivity contribution in [3.8, 4) is 10.6 Å². The van der Waals surface area contributed by atoms with Gasteiger partial charge in [0.2, 0.25) is 0 Å². The molecule has 0 atom stereocenters. The van der Waals surface area contributed by atoms with Crippen LogP contribution in [0, 0.1) is 0 Å². The predicted octanol–water partition coefficient (Wildman–Crippen LogP) is 3.88. The number of aliphatic hydroxyl groups is 1. The first-order valence-corrected chi connectivity index (χ1v) is 10.2. The minimum Gasteiger partial charge on any atom is -0.390 e. The Morgan fingerprint density at radius 3 is 2.50 bits per heavy atom. The van der Waals surface area contributed by atoms with E-state index in [0.717, 1.165) is 28.2 Å². The van der Waals surface area contributed by atoms with Crippen LogP contribution in [-0.2, 0) is 12.8 Å². The molecule has 0 aliphatic heterocycles. The van der Waals surface area contributed by atoms with Crippen LogP contribution < -0.4 is 5.32 Å². The summed E-state index contributed by atoms with van der Waals surface area (Å²) >= 11 is 1.60. The maximum absolute atomic E-state index is 12.3. The van der Waals surface area contributed by atoms with Crippen LogP contribution in [-0.4, -0.2) is 33.1 Å². The van der Waals surface area contributed by atoms with E-state index in [1.54, 1.807) is 37.6 Å². The number of hydrogen-bond acceptors (Lipinski definition) is 5. The molecule has 0 aliphatic carbocycles. The zero-order valence-electron chi connectivity index (χ0n) is 16.2. The summed E-state index contributed by atoms with van der Waals surface area (Å²) in [6.45, 7) is 4.15. The predicted molar refractivity (Wildman–Crippen MR) is 112 cm³/mol. The van der Waals surface area contributed by atoms with Crippen molar-refractivity contribution in [2.45, 2.75) is 38.7 Å². The summed E-state index contributed by atoms with van der Waals surface area (Å²) in [5.74, 6) is -0.0846. The van der Waals surface area contributed by atoms with Crippen LogP contribution in [0.1, 0.15) is 41.9 Å². The number of thiazole rings is 1. The average molecular weight is 396 g/mol. The molecule has 0 bridgehead atoms. The number of aromatic nitrogens is 2. The standard InChI is InChI=1S/C22H25N3O2S/c1-22(2,27)11-7-16-3-5-17(6-4-16)20(26)24-14-10-19-15-28-21(25-19)18-8-12-23-13-9-18/h3-6,8-9,12-13,15,27H,7,10-11,14H2,1-2H3,(H,24,26). The molecule has 28 heavy (non-hydrogen) atoms. The van der Waals surface area contributed by atoms with E-state index in [0.29, 0.717) is 24.9 Å². The number of amides is 1. The van der Waals surface area contributed by atoms with Gasteiger partial charge in [0.1, 0.15) is 5.01 Å². The van der Waals surface area contributed by atoms with Gasteiger partial charge in [0.25, 0.3) is 5.91 Å². The number of nitrogens with zero attached hydrogens (tertiary/aromatic N) is 2. The summed E-state index contributed by atoms with van der Waals surface area (Å²) in [4.78, 5) is 21.0. The summed E-state index contributed by atoms with van der Waals surface area (Å²) in [6, 6.07) is 11.4. The van der Waals surface area contributed by atoms with E-state index in [4.69, 9.17) is 0 Å². The Balaban J connectivity index is 1.47. The van der Waals surface area contributed by atoms with Crippen molar-refractivity contribution in [1.29, 1.82) is 0 Å². The highest BCUT2D eigenvalue weighted by molar-refractivity contribution is 7.13. The Bertz CT molecular complexity index is 900. The molecule has 5 nitrogen and oxygen atoms in total. The minimum absolute atomic E-state index is 0.0846. The van der Waals surface area contributed by atoms with E-state index in [9.17, 15) is 9.90 Å². The molecule has 2 heterocycles. The fraction of sp³-hybridized carbons (Fsp3) is 0.318. The zero-order valence-corrected chi connectivity index (χ0v) is 17.0. The van der Waals surface area contributed by atoms with Crippen LogP contribution in [0.4, 0.5) is 0 Å². The second kappa shape index (κ2) is 9.08. The highest BCUT2D eigenvalue weighted by Gasteiger charge is 2.12. The zero-order chi connectivity index (χ0) is 20.0. The van der Waals surface area contributed by atoms with Crippen LogP contribution >= 0.6 is 11.3 Å². The van der Waals surface area contributed by atoms with Gasteiger partial charge in [-0.2, -0.15) is 0 Å². The maximum atomic E-state index is 12.3. The molecular weight excluding hydrogens is 370 g/mol. The van der Waals surface area contributed by atoms with E-state index >= 15 is 0 Å². The SMILES string of the molecule is CC(C)(O)CCc1ccc(C(=O)NCCc2csc(-c3ccncc3)n2)cc1. The van der Waals surface area contributed by atoms with E-state index in [1.165, 1.54) is 0 Å². The average Bonchev–Trinajstić information content (AvgIpc) is 3.16. The lowest BCUT2D eigenvalue weighted by molar-refractivity contribution is 0.0713. The molecule has 146 valence electrons. The van der Waals surface area contributed by atoms with Crippen molar-refractivity contribution in [1.82, 2.24) is 15.3 Å². The summed E-state index contributed by atoms with van der Waals surface area (Å²) < 4.78 is 0. The largest absolute Gasteiger partial charge is 0.390 e. The van der Waals surface area contributed by atoms with Crippen molar-refractivity contribution in [3.05, 3.63) is 71.0 Å². The Morgan fingerprint density at radius 1 is 1.11 bits per heavy atom. The van der Waals surface area contributed by atoms with Gasteiger partial charge in [0, 0.05) is 41.9 Å². The number of carbonyl (C=O) groups is 1. The fourth-order valence-electron chi connectivity index (χ4n) is 2.73. The smallest absolute Gasteiger partial charge is 0.251 e. The summed E-state index contributed by atoms with van der Waals surface area (Å²) in [5, 5.41) is 15.7. The molecule has 0 saturated carbocycles. The van der Waals surface area contributed by atoms with Gasteiger partial charge in [-0.3, -0.25) is 9.78 Å². The first-order chi connectivity index (χ1) is 13.4. The molecule has 2 N–H and O–H groups in total. The van der Waals surface area contributed by atoms with Gasteiger partial charge >= 0.3 is 0 Å². The third-order valence-electron chi connectivity index (χ3n) is 4.39. The Labute approximate surface area is 169 Å². The molecule has 2 aromatic heterocycles. The molecule has 1 aromatic carbocycles. The quantitative estimate of drug-likeness (QED) is 0.607. The van der Waals surface area contributed by atoms with Gasteiger partial charge in [-0.25, -0.2) is 4.98 Å². The van der Waals surface area contributed by atoms with Crippen molar-refractivity contribution in [3.63, 3.8) is 0 Å². The fourth-order valence-corrected chi connectivity index (χ4v) is 3.59. The van der Waals surface area contributed by atoms with Crippen LogP contribution in [0.25, 0.3) is 10.6 Å². The molecule has 0 aliphatic rings. The summed E-state index contributed by atoms with van der Waals surface area (Å²) in [5.41, 5.74) is 3.11. The van der Waals surface area contributed by atoms with Crippen molar-refractivity contribution in [2.24, 2.45) is 0 Å². The highest BCUT2D eigenvalue weighted by Crippen LogP contribution is 2.22. The van der Waals surface area contributed by atoms with Gasteiger partial charge in [-0.05, 0) is 56.5 Å². The Kier molecular flexibility index (Phi) is 6.54. The molecule has 0 radical (unpaired) electrons. The summed E-state index contributed by atoms with van der Waals surface area (Å²) in [7, 11) is 0. The Morgan fingerprint density at radius 2 is 1.82 bits per heavy atom. The molecule has 0 unspecified atom stereocenters. The highest BCUT2D eigenvalue weighted by atomic mass is 32.1. The molecule has 1 amide bonds. The number of nitrogens with one attached hydrogen (secondary N) is 1. The van der Waals surface area contributed by atoms with Crippen LogP contribution in [0.3, 0.4) is 0 Å². The number of hydrogen-bond donors (Lipinski definition) is 2. The lowest BCUT2D eigenvalue weighted by atomic mass is 9.98. The molecule has 3 rings (SSSR count). The molecule has 0 spiro atoms. The molecule has 3 aromatic rings. The second-order valence-electron chi connectivity index (χ2n) is 7.40. The van der Waals surface area contributed by atoms with Crippen LogP contribution in [0.15, 0.2) is 54.2 Å². The van der Waals surface area contributed by atoms with E-state index in [1.807, 2.05) is 41.8 Å². The third-order valence-corrected chi connectivity index (χ3v) is 5.33. The first kappa shape index (κ1) is 20.2. The van der Waals surface area contributed by atoms with Crippen molar-refractivity contribution in [2.75, 3.05) is 6.54 Å². The van der Waals surface area contributed by atoms with Gasteiger partial charge in [-0.15, -0.1) is 11.3 Å². The van der Waals surface area contributed by atoms with Crippen LogP contribution in [0.5, 0.6) is 0 Å². The van der Waals surface area contributed by atoms with E-state index < -0.39 is 5.60 Å². The normalized spacial score (nSPS) is 11.4. The molecule has 0 fully saturated rings. The second-order valence-corrected chi connectivity index (χ2v) is 8.25. The van der Waals surface area contributed by atoms with Crippen molar-refractivity contribution < 1.29 is 9.90 Å². The number of aryl methyl sites for hydroxylation is 1. The first-order valence-electron chi connectivity index (χ1n) is 9.35. The molecular formula is C22H25N3O2S. The maximum Gasteiger partial charge on any atom is 0.251 e. The van der Waals surface area contributed by atoms with Gasteiger partial charge in [-0.1, -0.05) is 12.1 Å². The van der Waals surface area contributed by atoms with Gasteiger partial charge in [0.05, 0.1) is 11.3 Å². The number of carbonyl (C=O) groups excluding carboxylic acids is 1. The van der Waals surface area contributed by atoms with Crippen LogP contribution in [0.2, 0.25) is 0 Å². The number of pyridine rings is 1. The molecule has 0 saturated heterocycles. The third kappa shape index (κ3) is 5.97. The minimum atomic E-state index is -0.678.